The lowest BCUT2D eigenvalue weighted by Crippen LogP contribution is -2.44. The van der Waals surface area contributed by atoms with E-state index in [9.17, 15) is 14.0 Å². The Hall–Kier alpha value is -2.21. The number of amides is 2. The van der Waals surface area contributed by atoms with Crippen LogP contribution in [-0.2, 0) is 10.3 Å². The summed E-state index contributed by atoms with van der Waals surface area (Å²) in [5.74, 6) is -0.542. The van der Waals surface area contributed by atoms with Gasteiger partial charge in [0.05, 0.1) is 5.54 Å². The quantitative estimate of drug-likeness (QED) is 0.827. The third-order valence-corrected chi connectivity index (χ3v) is 5.34. The number of thiophene rings is 1. The molecule has 2 N–H and O–H groups in total. The van der Waals surface area contributed by atoms with Crippen molar-refractivity contribution in [3.8, 4) is 0 Å². The molecular weight excluding hydrogens is 339 g/mol. The third kappa shape index (κ3) is 4.25. The molecule has 132 valence electrons. The summed E-state index contributed by atoms with van der Waals surface area (Å²) >= 11 is 1.46. The maximum absolute atomic E-state index is 13.2. The minimum Gasteiger partial charge on any atom is -0.351 e. The number of rotatable bonds is 6. The molecule has 0 unspecified atom stereocenters. The molecule has 0 saturated heterocycles. The number of carbonyl (C=O) groups is 2. The molecule has 2 amide bonds. The van der Waals surface area contributed by atoms with Crippen LogP contribution in [0.2, 0.25) is 0 Å². The normalized spacial score (nSPS) is 15.7. The summed E-state index contributed by atoms with van der Waals surface area (Å²) in [7, 11) is 0. The fourth-order valence-corrected chi connectivity index (χ4v) is 3.98. The first-order chi connectivity index (χ1) is 12.1. The zero-order chi connectivity index (χ0) is 17.7. The fraction of sp³-hybridized carbons (Fsp3) is 0.368. The van der Waals surface area contributed by atoms with E-state index < -0.39 is 5.54 Å². The lowest BCUT2D eigenvalue weighted by Gasteiger charge is -2.31. The summed E-state index contributed by atoms with van der Waals surface area (Å²) in [5, 5.41) is 9.50. The van der Waals surface area contributed by atoms with Crippen LogP contribution in [0.3, 0.4) is 0 Å². The molecule has 1 aromatic heterocycles. The minimum atomic E-state index is -0.415. The van der Waals surface area contributed by atoms with Gasteiger partial charge in [0, 0.05) is 23.9 Å². The Bertz CT molecular complexity index is 722. The molecule has 6 heteroatoms. The van der Waals surface area contributed by atoms with E-state index in [0.29, 0.717) is 12.1 Å². The van der Waals surface area contributed by atoms with Crippen LogP contribution in [0.15, 0.2) is 41.1 Å². The molecule has 0 bridgehead atoms. The number of carbonyl (C=O) groups excluding carboxylic acids is 2. The molecule has 2 aromatic rings. The van der Waals surface area contributed by atoms with Crippen molar-refractivity contribution in [2.45, 2.75) is 37.6 Å². The standard InChI is InChI=1S/C19H21FN2O2S/c20-16-5-3-15(4-6-16)19(9-1-2-10-19)22-17(23)7-11-21-18(24)14-8-12-25-13-14/h3-6,8,12-13H,1-2,7,9-11H2,(H,21,24)(H,22,23). The molecule has 25 heavy (non-hydrogen) atoms. The highest BCUT2D eigenvalue weighted by atomic mass is 32.1. The van der Waals surface area contributed by atoms with Crippen molar-refractivity contribution in [2.75, 3.05) is 6.54 Å². The summed E-state index contributed by atoms with van der Waals surface area (Å²) in [6, 6.07) is 8.12. The van der Waals surface area contributed by atoms with E-state index in [-0.39, 0.29) is 24.1 Å². The number of hydrogen-bond donors (Lipinski definition) is 2. The molecule has 0 spiro atoms. The zero-order valence-corrected chi connectivity index (χ0v) is 14.7. The molecule has 4 nitrogen and oxygen atoms in total. The van der Waals surface area contributed by atoms with Crippen LogP contribution in [0.1, 0.15) is 48.0 Å². The lowest BCUT2D eigenvalue weighted by molar-refractivity contribution is -0.123. The van der Waals surface area contributed by atoms with Crippen molar-refractivity contribution >= 4 is 23.2 Å². The summed E-state index contributed by atoms with van der Waals surface area (Å²) in [5.41, 5.74) is 1.15. The molecule has 3 rings (SSSR count). The van der Waals surface area contributed by atoms with Crippen LogP contribution in [0.4, 0.5) is 4.39 Å². The van der Waals surface area contributed by atoms with Crippen molar-refractivity contribution in [2.24, 2.45) is 0 Å². The van der Waals surface area contributed by atoms with Gasteiger partial charge in [-0.05, 0) is 42.0 Å². The van der Waals surface area contributed by atoms with Gasteiger partial charge in [-0.3, -0.25) is 9.59 Å². The van der Waals surface area contributed by atoms with Crippen molar-refractivity contribution in [1.29, 1.82) is 0 Å². The topological polar surface area (TPSA) is 58.2 Å². The highest BCUT2D eigenvalue weighted by Crippen LogP contribution is 2.38. The molecule has 1 heterocycles. The largest absolute Gasteiger partial charge is 0.351 e. The minimum absolute atomic E-state index is 0.100. The molecule has 1 aromatic carbocycles. The van der Waals surface area contributed by atoms with Crippen LogP contribution in [-0.4, -0.2) is 18.4 Å². The Morgan fingerprint density at radius 1 is 1.12 bits per heavy atom. The van der Waals surface area contributed by atoms with E-state index in [2.05, 4.69) is 10.6 Å². The van der Waals surface area contributed by atoms with Crippen LogP contribution in [0.25, 0.3) is 0 Å². The first-order valence-electron chi connectivity index (χ1n) is 8.46. The Labute approximate surface area is 150 Å². The van der Waals surface area contributed by atoms with Gasteiger partial charge in [-0.15, -0.1) is 0 Å². The Balaban J connectivity index is 1.56. The smallest absolute Gasteiger partial charge is 0.252 e. The van der Waals surface area contributed by atoms with Crippen molar-refractivity contribution < 1.29 is 14.0 Å². The van der Waals surface area contributed by atoms with Gasteiger partial charge in [0.2, 0.25) is 5.91 Å². The van der Waals surface area contributed by atoms with Crippen LogP contribution in [0.5, 0.6) is 0 Å². The second-order valence-corrected chi connectivity index (χ2v) is 7.14. The Morgan fingerprint density at radius 3 is 2.48 bits per heavy atom. The predicted octanol–water partition coefficient (Wildman–Crippen LogP) is 3.59. The van der Waals surface area contributed by atoms with Gasteiger partial charge in [0.25, 0.3) is 5.91 Å². The predicted molar refractivity (Wildman–Crippen MR) is 96.0 cm³/mol. The van der Waals surface area contributed by atoms with E-state index in [1.807, 2.05) is 5.38 Å². The van der Waals surface area contributed by atoms with Crippen LogP contribution in [0, 0.1) is 5.82 Å². The zero-order valence-electron chi connectivity index (χ0n) is 13.9. The highest BCUT2D eigenvalue weighted by molar-refractivity contribution is 7.08. The molecular formula is C19H21FN2O2S. The average molecular weight is 360 g/mol. The van der Waals surface area contributed by atoms with Crippen molar-refractivity contribution in [1.82, 2.24) is 10.6 Å². The van der Waals surface area contributed by atoms with Gasteiger partial charge < -0.3 is 10.6 Å². The molecule has 1 aliphatic carbocycles. The number of hydrogen-bond acceptors (Lipinski definition) is 3. The Morgan fingerprint density at radius 2 is 1.84 bits per heavy atom. The number of halogens is 1. The average Bonchev–Trinajstić information content (AvgIpc) is 3.27. The summed E-state index contributed by atoms with van der Waals surface area (Å²) in [6.45, 7) is 0.292. The highest BCUT2D eigenvalue weighted by Gasteiger charge is 2.36. The van der Waals surface area contributed by atoms with Crippen LogP contribution < -0.4 is 10.6 Å². The number of nitrogens with one attached hydrogen (secondary N) is 2. The van der Waals surface area contributed by atoms with Crippen molar-refractivity contribution in [3.63, 3.8) is 0 Å². The molecule has 1 fully saturated rings. The van der Waals surface area contributed by atoms with Gasteiger partial charge in [-0.25, -0.2) is 4.39 Å². The SMILES string of the molecule is O=C(CCNC(=O)c1ccsc1)NC1(c2ccc(F)cc2)CCCC1. The lowest BCUT2D eigenvalue weighted by atomic mass is 9.88. The van der Waals surface area contributed by atoms with Gasteiger partial charge in [-0.1, -0.05) is 25.0 Å². The summed E-state index contributed by atoms with van der Waals surface area (Å²) in [4.78, 5) is 24.3. The second kappa shape index (κ2) is 7.78. The molecule has 0 aliphatic heterocycles. The third-order valence-electron chi connectivity index (χ3n) is 4.65. The Kier molecular flexibility index (Phi) is 5.48. The van der Waals surface area contributed by atoms with E-state index >= 15 is 0 Å². The van der Waals surface area contributed by atoms with E-state index in [1.54, 1.807) is 23.6 Å². The molecule has 1 aliphatic rings. The second-order valence-electron chi connectivity index (χ2n) is 6.36. The summed E-state index contributed by atoms with van der Waals surface area (Å²) in [6.07, 6.45) is 4.00. The van der Waals surface area contributed by atoms with E-state index in [4.69, 9.17) is 0 Å². The number of benzene rings is 1. The van der Waals surface area contributed by atoms with Gasteiger partial charge in [0.15, 0.2) is 0 Å². The fourth-order valence-electron chi connectivity index (χ4n) is 3.35. The van der Waals surface area contributed by atoms with Crippen molar-refractivity contribution in [3.05, 3.63) is 58.0 Å². The monoisotopic (exact) mass is 360 g/mol. The first-order valence-corrected chi connectivity index (χ1v) is 9.41. The van der Waals surface area contributed by atoms with E-state index in [0.717, 1.165) is 31.2 Å². The van der Waals surface area contributed by atoms with Gasteiger partial charge >= 0.3 is 0 Å². The molecule has 0 radical (unpaired) electrons. The summed E-state index contributed by atoms with van der Waals surface area (Å²) < 4.78 is 13.2. The molecule has 1 saturated carbocycles. The maximum atomic E-state index is 13.2. The van der Waals surface area contributed by atoms with Gasteiger partial charge in [0.1, 0.15) is 5.82 Å². The first kappa shape index (κ1) is 17.6. The van der Waals surface area contributed by atoms with Gasteiger partial charge in [-0.2, -0.15) is 11.3 Å². The maximum Gasteiger partial charge on any atom is 0.252 e. The molecule has 0 atom stereocenters. The van der Waals surface area contributed by atoms with Crippen LogP contribution >= 0.6 is 11.3 Å². The van der Waals surface area contributed by atoms with E-state index in [1.165, 1.54) is 23.5 Å².